The van der Waals surface area contributed by atoms with E-state index in [9.17, 15) is 8.42 Å². The number of benzene rings is 1. The number of sulfonamides is 1. The molecule has 2 unspecified atom stereocenters. The van der Waals surface area contributed by atoms with Crippen LogP contribution in [0.2, 0.25) is 0 Å². The molecule has 0 aromatic heterocycles. The van der Waals surface area contributed by atoms with Gasteiger partial charge in [-0.25, -0.2) is 13.1 Å². The molecule has 0 amide bonds. The van der Waals surface area contributed by atoms with Crippen LogP contribution >= 0.6 is 43.5 Å². The zero-order chi connectivity index (χ0) is 14.0. The average molecular weight is 432 g/mol. The molecule has 19 heavy (non-hydrogen) atoms. The van der Waals surface area contributed by atoms with Gasteiger partial charge in [-0.3, -0.25) is 0 Å². The zero-order valence-electron chi connectivity index (χ0n) is 10.1. The maximum absolute atomic E-state index is 12.4. The van der Waals surface area contributed by atoms with Crippen LogP contribution in [0.25, 0.3) is 0 Å². The Bertz CT molecular complexity index is 565. The van der Waals surface area contributed by atoms with Gasteiger partial charge >= 0.3 is 0 Å². The van der Waals surface area contributed by atoms with E-state index < -0.39 is 10.0 Å². The van der Waals surface area contributed by atoms with Crippen LogP contribution in [-0.4, -0.2) is 20.3 Å². The van der Waals surface area contributed by atoms with Crippen LogP contribution < -0.4 is 4.72 Å². The summed E-state index contributed by atoms with van der Waals surface area (Å²) in [5.74, 6) is 0.717. The van der Waals surface area contributed by atoms with Crippen molar-refractivity contribution in [3.05, 3.63) is 27.1 Å². The third-order valence-electron chi connectivity index (χ3n) is 3.35. The summed E-state index contributed by atoms with van der Waals surface area (Å²) in [7, 11) is -3.53. The Morgan fingerprint density at radius 2 is 2.05 bits per heavy atom. The molecule has 106 valence electrons. The van der Waals surface area contributed by atoms with Crippen molar-refractivity contribution in [1.82, 2.24) is 4.72 Å². The van der Waals surface area contributed by atoms with E-state index in [1.165, 1.54) is 0 Å². The molecule has 2 atom stereocenters. The summed E-state index contributed by atoms with van der Waals surface area (Å²) in [5, 5.41) is 0. The first-order valence-corrected chi connectivity index (χ1v) is 9.58. The van der Waals surface area contributed by atoms with Gasteiger partial charge in [0, 0.05) is 20.9 Å². The van der Waals surface area contributed by atoms with E-state index in [1.54, 1.807) is 18.2 Å². The molecule has 7 heteroatoms. The highest BCUT2D eigenvalue weighted by Crippen LogP contribution is 2.30. The minimum Gasteiger partial charge on any atom is -0.208 e. The summed E-state index contributed by atoms with van der Waals surface area (Å²) in [4.78, 5) is 0.252. The highest BCUT2D eigenvalue weighted by molar-refractivity contribution is 9.11. The first kappa shape index (κ1) is 15.8. The van der Waals surface area contributed by atoms with Crippen molar-refractivity contribution in [3.8, 4) is 0 Å². The van der Waals surface area contributed by atoms with Crippen molar-refractivity contribution < 1.29 is 8.42 Å². The van der Waals surface area contributed by atoms with Gasteiger partial charge in [0.05, 0.1) is 4.90 Å². The Labute approximate surface area is 135 Å². The smallest absolute Gasteiger partial charge is 0.208 e. The molecule has 3 nitrogen and oxygen atoms in total. The molecule has 0 aliphatic heterocycles. The molecule has 1 aromatic carbocycles. The largest absolute Gasteiger partial charge is 0.241 e. The summed E-state index contributed by atoms with van der Waals surface area (Å²) in [6.45, 7) is 0. The molecular formula is C12H14Br2ClNO2S. The summed E-state index contributed by atoms with van der Waals surface area (Å²) >= 11 is 12.5. The molecule has 1 aliphatic carbocycles. The normalized spacial score (nSPS) is 23.7. The van der Waals surface area contributed by atoms with Gasteiger partial charge in [-0.05, 0) is 52.9 Å². The van der Waals surface area contributed by atoms with Crippen molar-refractivity contribution in [2.45, 2.75) is 30.2 Å². The van der Waals surface area contributed by atoms with Crippen molar-refractivity contribution >= 4 is 53.5 Å². The third kappa shape index (κ3) is 3.73. The fraction of sp³-hybridized carbons (Fsp3) is 0.500. The SMILES string of the molecule is O=S(=O)(NC1CCCC1CCl)c1cc(Br)ccc1Br. The van der Waals surface area contributed by atoms with Gasteiger partial charge in [0.15, 0.2) is 0 Å². The Balaban J connectivity index is 2.25. The Morgan fingerprint density at radius 1 is 1.32 bits per heavy atom. The lowest BCUT2D eigenvalue weighted by molar-refractivity contribution is 0.480. The lowest BCUT2D eigenvalue weighted by Gasteiger charge is -2.19. The predicted molar refractivity (Wildman–Crippen MR) is 84.0 cm³/mol. The summed E-state index contributed by atoms with van der Waals surface area (Å²) < 4.78 is 28.9. The lowest BCUT2D eigenvalue weighted by atomic mass is 10.1. The van der Waals surface area contributed by atoms with Crippen molar-refractivity contribution in [1.29, 1.82) is 0 Å². The molecule has 0 saturated heterocycles. The van der Waals surface area contributed by atoms with E-state index in [0.29, 0.717) is 10.4 Å². The minimum absolute atomic E-state index is 0.0617. The molecule has 1 fully saturated rings. The summed E-state index contributed by atoms with van der Waals surface area (Å²) in [6.07, 6.45) is 2.85. The monoisotopic (exact) mass is 429 g/mol. The molecule has 0 heterocycles. The lowest BCUT2D eigenvalue weighted by Crippen LogP contribution is -2.38. The quantitative estimate of drug-likeness (QED) is 0.735. The van der Waals surface area contributed by atoms with Crippen LogP contribution in [-0.2, 0) is 10.0 Å². The topological polar surface area (TPSA) is 46.2 Å². The predicted octanol–water partition coefficient (Wildman–Crippen LogP) is 3.90. The maximum atomic E-state index is 12.4. The molecule has 1 saturated carbocycles. The number of hydrogen-bond donors (Lipinski definition) is 1. The number of rotatable bonds is 4. The van der Waals surface area contributed by atoms with Crippen LogP contribution in [0.5, 0.6) is 0 Å². The van der Waals surface area contributed by atoms with Crippen molar-refractivity contribution in [3.63, 3.8) is 0 Å². The molecule has 0 spiro atoms. The van der Waals surface area contributed by atoms with Gasteiger partial charge in [-0.1, -0.05) is 22.4 Å². The third-order valence-corrected chi connectivity index (χ3v) is 6.72. The van der Waals surface area contributed by atoms with Gasteiger partial charge in [-0.2, -0.15) is 0 Å². The Kier molecular flexibility index (Phi) is 5.34. The Morgan fingerprint density at radius 3 is 2.74 bits per heavy atom. The molecule has 1 aromatic rings. The highest BCUT2D eigenvalue weighted by atomic mass is 79.9. The summed E-state index contributed by atoms with van der Waals surface area (Å²) in [5.41, 5.74) is 0. The van der Waals surface area contributed by atoms with E-state index in [0.717, 1.165) is 23.7 Å². The molecular weight excluding hydrogens is 417 g/mol. The molecule has 2 rings (SSSR count). The van der Waals surface area contributed by atoms with E-state index in [1.807, 2.05) is 0 Å². The first-order valence-electron chi connectivity index (χ1n) is 5.97. The second-order valence-electron chi connectivity index (χ2n) is 4.65. The van der Waals surface area contributed by atoms with E-state index in [2.05, 4.69) is 36.6 Å². The maximum Gasteiger partial charge on any atom is 0.241 e. The van der Waals surface area contributed by atoms with Gasteiger partial charge < -0.3 is 0 Å². The van der Waals surface area contributed by atoms with Gasteiger partial charge in [0.1, 0.15) is 0 Å². The van der Waals surface area contributed by atoms with Crippen molar-refractivity contribution in [2.24, 2.45) is 5.92 Å². The molecule has 0 radical (unpaired) electrons. The molecule has 1 aliphatic rings. The number of alkyl halides is 1. The summed E-state index contributed by atoms with van der Waals surface area (Å²) in [6, 6.07) is 5.04. The molecule has 0 bridgehead atoms. The average Bonchev–Trinajstić information content (AvgIpc) is 2.78. The van der Waals surface area contributed by atoms with Crippen LogP contribution in [0, 0.1) is 5.92 Å². The van der Waals surface area contributed by atoms with Crippen LogP contribution in [0.1, 0.15) is 19.3 Å². The van der Waals surface area contributed by atoms with Gasteiger partial charge in [0.2, 0.25) is 10.0 Å². The van der Waals surface area contributed by atoms with Crippen LogP contribution in [0.3, 0.4) is 0 Å². The van der Waals surface area contributed by atoms with E-state index in [-0.39, 0.29) is 16.9 Å². The second-order valence-corrected chi connectivity index (χ2v) is 8.41. The standard InChI is InChI=1S/C12H14Br2ClNO2S/c13-9-4-5-10(14)12(6-9)19(17,18)16-11-3-1-2-8(11)7-15/h4-6,8,11,16H,1-3,7H2. The second kappa shape index (κ2) is 6.43. The number of hydrogen-bond acceptors (Lipinski definition) is 2. The van der Waals surface area contributed by atoms with Gasteiger partial charge in [-0.15, -0.1) is 11.6 Å². The van der Waals surface area contributed by atoms with Crippen LogP contribution in [0.15, 0.2) is 32.0 Å². The van der Waals surface area contributed by atoms with Crippen molar-refractivity contribution in [2.75, 3.05) is 5.88 Å². The first-order chi connectivity index (χ1) is 8.94. The fourth-order valence-corrected chi connectivity index (χ4v) is 5.53. The number of nitrogens with one attached hydrogen (secondary N) is 1. The Hall–Kier alpha value is 0.380. The van der Waals surface area contributed by atoms with Crippen LogP contribution in [0.4, 0.5) is 0 Å². The molecule has 1 N–H and O–H groups in total. The van der Waals surface area contributed by atoms with E-state index >= 15 is 0 Å². The van der Waals surface area contributed by atoms with Gasteiger partial charge in [0.25, 0.3) is 0 Å². The zero-order valence-corrected chi connectivity index (χ0v) is 14.8. The number of halogens is 3. The fourth-order valence-electron chi connectivity index (χ4n) is 2.32. The minimum atomic E-state index is -3.53. The highest BCUT2D eigenvalue weighted by Gasteiger charge is 2.31. The van der Waals surface area contributed by atoms with E-state index in [4.69, 9.17) is 11.6 Å².